The molecule has 0 radical (unpaired) electrons. The molecule has 3 amide bonds. The molecule has 1 fully saturated rings. The zero-order chi connectivity index (χ0) is 13.5. The first kappa shape index (κ1) is 14.8. The summed E-state index contributed by atoms with van der Waals surface area (Å²) in [6, 6.07) is -0.156. The Morgan fingerprint density at radius 1 is 1.44 bits per heavy atom. The standard InChI is InChI=1S/C12H24N4O2/c1-4-6-13-10-5-8-16(11(10)17)9-7-14-12(18)15(2)3/h10,13H,4-9H2,1-3H3,(H,14,18). The number of amides is 3. The first-order valence-corrected chi connectivity index (χ1v) is 6.53. The molecule has 18 heavy (non-hydrogen) atoms. The number of carbonyl (C=O) groups excluding carboxylic acids is 2. The Morgan fingerprint density at radius 2 is 2.17 bits per heavy atom. The Morgan fingerprint density at radius 3 is 2.78 bits per heavy atom. The lowest BCUT2D eigenvalue weighted by Gasteiger charge is -2.18. The third-order valence-corrected chi connectivity index (χ3v) is 3.00. The van der Waals surface area contributed by atoms with Crippen molar-refractivity contribution in [1.82, 2.24) is 20.4 Å². The quantitative estimate of drug-likeness (QED) is 0.695. The minimum atomic E-state index is -0.123. The van der Waals surface area contributed by atoms with Gasteiger partial charge in [-0.15, -0.1) is 0 Å². The number of carbonyl (C=O) groups is 2. The van der Waals surface area contributed by atoms with Crippen molar-refractivity contribution in [2.75, 3.05) is 40.3 Å². The second-order valence-corrected chi connectivity index (χ2v) is 4.75. The van der Waals surface area contributed by atoms with Crippen molar-refractivity contribution in [2.45, 2.75) is 25.8 Å². The number of nitrogens with zero attached hydrogens (tertiary/aromatic N) is 2. The van der Waals surface area contributed by atoms with Gasteiger partial charge in [-0.05, 0) is 19.4 Å². The predicted octanol–water partition coefficient (Wildman–Crippen LogP) is -0.142. The zero-order valence-corrected chi connectivity index (χ0v) is 11.5. The molecule has 0 spiro atoms. The Labute approximate surface area is 109 Å². The van der Waals surface area contributed by atoms with E-state index in [4.69, 9.17) is 0 Å². The monoisotopic (exact) mass is 256 g/mol. The molecule has 0 saturated carbocycles. The van der Waals surface area contributed by atoms with Crippen molar-refractivity contribution in [3.8, 4) is 0 Å². The third kappa shape index (κ3) is 4.18. The molecule has 6 heteroatoms. The van der Waals surface area contributed by atoms with Gasteiger partial charge < -0.3 is 20.4 Å². The van der Waals surface area contributed by atoms with Crippen LogP contribution < -0.4 is 10.6 Å². The van der Waals surface area contributed by atoms with E-state index in [0.717, 1.165) is 25.9 Å². The lowest BCUT2D eigenvalue weighted by molar-refractivity contribution is -0.129. The summed E-state index contributed by atoms with van der Waals surface area (Å²) in [4.78, 5) is 26.6. The summed E-state index contributed by atoms with van der Waals surface area (Å²) in [6.45, 7) is 4.83. The SMILES string of the molecule is CCCNC1CCN(CCNC(=O)N(C)C)C1=O. The van der Waals surface area contributed by atoms with Crippen LogP contribution in [0, 0.1) is 0 Å². The summed E-state index contributed by atoms with van der Waals surface area (Å²) in [5.41, 5.74) is 0. The lowest BCUT2D eigenvalue weighted by Crippen LogP contribution is -2.43. The Kier molecular flexibility index (Phi) is 5.91. The van der Waals surface area contributed by atoms with Crippen molar-refractivity contribution in [2.24, 2.45) is 0 Å². The fourth-order valence-corrected chi connectivity index (χ4v) is 1.92. The highest BCUT2D eigenvalue weighted by Gasteiger charge is 2.30. The molecular formula is C12H24N4O2. The fraction of sp³-hybridized carbons (Fsp3) is 0.833. The Balaban J connectivity index is 2.24. The van der Waals surface area contributed by atoms with Gasteiger partial charge in [0.05, 0.1) is 6.04 Å². The maximum Gasteiger partial charge on any atom is 0.316 e. The van der Waals surface area contributed by atoms with E-state index in [2.05, 4.69) is 17.6 Å². The predicted molar refractivity (Wildman–Crippen MR) is 70.4 cm³/mol. The van der Waals surface area contributed by atoms with Gasteiger partial charge in [0.25, 0.3) is 0 Å². The minimum absolute atomic E-state index is 0.0329. The van der Waals surface area contributed by atoms with Crippen LogP contribution in [0.5, 0.6) is 0 Å². The van der Waals surface area contributed by atoms with Crippen LogP contribution in [0.2, 0.25) is 0 Å². The Bertz CT molecular complexity index is 294. The van der Waals surface area contributed by atoms with Crippen molar-refractivity contribution in [3.63, 3.8) is 0 Å². The molecular weight excluding hydrogens is 232 g/mol. The topological polar surface area (TPSA) is 64.7 Å². The van der Waals surface area contributed by atoms with Gasteiger partial charge in [-0.2, -0.15) is 0 Å². The first-order chi connectivity index (χ1) is 8.56. The van der Waals surface area contributed by atoms with Crippen LogP contribution in [-0.4, -0.2) is 68.1 Å². The lowest BCUT2D eigenvalue weighted by atomic mass is 10.2. The van der Waals surface area contributed by atoms with Crippen molar-refractivity contribution in [1.29, 1.82) is 0 Å². The van der Waals surface area contributed by atoms with Crippen LogP contribution in [-0.2, 0) is 4.79 Å². The van der Waals surface area contributed by atoms with E-state index >= 15 is 0 Å². The molecule has 2 N–H and O–H groups in total. The number of hydrogen-bond donors (Lipinski definition) is 2. The number of nitrogens with one attached hydrogen (secondary N) is 2. The molecule has 104 valence electrons. The average molecular weight is 256 g/mol. The molecule has 1 heterocycles. The molecule has 1 rings (SSSR count). The minimum Gasteiger partial charge on any atom is -0.340 e. The van der Waals surface area contributed by atoms with Crippen molar-refractivity contribution < 1.29 is 9.59 Å². The van der Waals surface area contributed by atoms with E-state index in [-0.39, 0.29) is 18.0 Å². The second-order valence-electron chi connectivity index (χ2n) is 4.75. The number of rotatable bonds is 6. The van der Waals surface area contributed by atoms with Crippen molar-refractivity contribution in [3.05, 3.63) is 0 Å². The molecule has 6 nitrogen and oxygen atoms in total. The molecule has 1 aliphatic heterocycles. The second kappa shape index (κ2) is 7.20. The van der Waals surface area contributed by atoms with Crippen LogP contribution in [0.1, 0.15) is 19.8 Å². The summed E-state index contributed by atoms with van der Waals surface area (Å²) in [7, 11) is 3.39. The van der Waals surface area contributed by atoms with Crippen molar-refractivity contribution >= 4 is 11.9 Å². The van der Waals surface area contributed by atoms with Crippen LogP contribution in [0.4, 0.5) is 4.79 Å². The normalized spacial score (nSPS) is 19.2. The van der Waals surface area contributed by atoms with E-state index in [9.17, 15) is 9.59 Å². The van der Waals surface area contributed by atoms with E-state index < -0.39 is 0 Å². The fourth-order valence-electron chi connectivity index (χ4n) is 1.92. The zero-order valence-electron chi connectivity index (χ0n) is 11.5. The van der Waals surface area contributed by atoms with Gasteiger partial charge in [0.1, 0.15) is 0 Å². The van der Waals surface area contributed by atoms with E-state index in [0.29, 0.717) is 13.1 Å². The van der Waals surface area contributed by atoms with Crippen LogP contribution in [0.3, 0.4) is 0 Å². The highest BCUT2D eigenvalue weighted by atomic mass is 16.2. The number of likely N-dealkylation sites (tertiary alicyclic amines) is 1. The highest BCUT2D eigenvalue weighted by molar-refractivity contribution is 5.84. The Hall–Kier alpha value is -1.30. The van der Waals surface area contributed by atoms with E-state index in [1.807, 2.05) is 4.90 Å². The summed E-state index contributed by atoms with van der Waals surface area (Å²) < 4.78 is 0. The third-order valence-electron chi connectivity index (χ3n) is 3.00. The van der Waals surface area contributed by atoms with Gasteiger partial charge in [0.2, 0.25) is 5.91 Å². The molecule has 0 aromatic carbocycles. The number of urea groups is 1. The maximum atomic E-state index is 12.0. The molecule has 1 saturated heterocycles. The molecule has 1 atom stereocenters. The van der Waals surface area contributed by atoms with Gasteiger partial charge in [-0.1, -0.05) is 6.92 Å². The highest BCUT2D eigenvalue weighted by Crippen LogP contribution is 2.10. The van der Waals surface area contributed by atoms with Gasteiger partial charge in [-0.25, -0.2) is 4.79 Å². The molecule has 0 aromatic rings. The molecule has 0 bridgehead atoms. The first-order valence-electron chi connectivity index (χ1n) is 6.53. The molecule has 1 unspecified atom stereocenters. The van der Waals surface area contributed by atoms with Gasteiger partial charge in [0.15, 0.2) is 0 Å². The van der Waals surface area contributed by atoms with Crippen LogP contribution >= 0.6 is 0 Å². The van der Waals surface area contributed by atoms with E-state index in [1.165, 1.54) is 4.90 Å². The summed E-state index contributed by atoms with van der Waals surface area (Å²) in [5, 5.41) is 6.00. The summed E-state index contributed by atoms with van der Waals surface area (Å²) in [5.74, 6) is 0.155. The van der Waals surface area contributed by atoms with Crippen LogP contribution in [0.15, 0.2) is 0 Å². The van der Waals surface area contributed by atoms with Gasteiger partial charge in [0, 0.05) is 33.7 Å². The summed E-state index contributed by atoms with van der Waals surface area (Å²) >= 11 is 0. The van der Waals surface area contributed by atoms with Gasteiger partial charge >= 0.3 is 6.03 Å². The molecule has 0 aromatic heterocycles. The molecule has 0 aliphatic carbocycles. The number of hydrogen-bond acceptors (Lipinski definition) is 3. The summed E-state index contributed by atoms with van der Waals surface area (Å²) in [6.07, 6.45) is 1.89. The maximum absolute atomic E-state index is 12.0. The molecule has 1 aliphatic rings. The average Bonchev–Trinajstić information content (AvgIpc) is 2.68. The smallest absolute Gasteiger partial charge is 0.316 e. The van der Waals surface area contributed by atoms with Gasteiger partial charge in [-0.3, -0.25) is 4.79 Å². The van der Waals surface area contributed by atoms with Crippen LogP contribution in [0.25, 0.3) is 0 Å². The van der Waals surface area contributed by atoms with E-state index in [1.54, 1.807) is 14.1 Å². The largest absolute Gasteiger partial charge is 0.340 e.